The van der Waals surface area contributed by atoms with Gasteiger partial charge < -0.3 is 14.6 Å². The van der Waals surface area contributed by atoms with Crippen LogP contribution in [-0.4, -0.2) is 37.3 Å². The Kier molecular flexibility index (Phi) is 3.31. The lowest BCUT2D eigenvalue weighted by Crippen LogP contribution is -2.44. The molecule has 6 nitrogen and oxygen atoms in total. The van der Waals surface area contributed by atoms with Crippen molar-refractivity contribution in [2.45, 2.75) is 24.9 Å². The Morgan fingerprint density at radius 1 is 1.75 bits per heavy atom. The quantitative estimate of drug-likeness (QED) is 0.373. The number of rotatable bonds is 2. The predicted molar refractivity (Wildman–Crippen MR) is 40.3 cm³/mol. The van der Waals surface area contributed by atoms with Crippen LogP contribution in [0.4, 0.5) is 0 Å². The molecule has 1 aliphatic rings. The summed E-state index contributed by atoms with van der Waals surface area (Å²) in [6.45, 7) is 0.444. The molecule has 3 atom stereocenters. The van der Waals surface area contributed by atoms with E-state index in [1.54, 1.807) is 0 Å². The smallest absolute Gasteiger partial charge is 0.183 e. The average molecular weight is 173 g/mol. The van der Waals surface area contributed by atoms with Gasteiger partial charge in [-0.25, -0.2) is 0 Å². The fraction of sp³-hybridized carbons (Fsp3) is 1.00. The maximum absolute atomic E-state index is 9.44. The molecule has 0 aromatic carbocycles. The molecule has 0 aromatic rings. The summed E-state index contributed by atoms with van der Waals surface area (Å²) in [5, 5.41) is 12.9. The molecule has 0 amide bonds. The number of ether oxygens (including phenoxy) is 2. The number of azide groups is 1. The van der Waals surface area contributed by atoms with E-state index < -0.39 is 18.4 Å². The Balaban J connectivity index is 2.58. The van der Waals surface area contributed by atoms with Gasteiger partial charge in [-0.1, -0.05) is 5.11 Å². The van der Waals surface area contributed by atoms with E-state index in [2.05, 4.69) is 10.0 Å². The van der Waals surface area contributed by atoms with Gasteiger partial charge in [0.1, 0.15) is 6.10 Å². The summed E-state index contributed by atoms with van der Waals surface area (Å²) in [7, 11) is 1.44. The monoisotopic (exact) mass is 173 g/mol. The van der Waals surface area contributed by atoms with E-state index in [0.29, 0.717) is 13.0 Å². The zero-order valence-electron chi connectivity index (χ0n) is 6.75. The molecule has 0 aliphatic carbocycles. The fourth-order valence-corrected chi connectivity index (χ4v) is 1.16. The van der Waals surface area contributed by atoms with Crippen molar-refractivity contribution in [1.29, 1.82) is 0 Å². The molecule has 1 fully saturated rings. The van der Waals surface area contributed by atoms with Crippen LogP contribution in [-0.2, 0) is 9.47 Å². The van der Waals surface area contributed by atoms with E-state index in [9.17, 15) is 5.11 Å². The minimum atomic E-state index is -0.861. The van der Waals surface area contributed by atoms with Gasteiger partial charge in [0.25, 0.3) is 0 Å². The molecule has 1 N–H and O–H groups in total. The minimum Gasteiger partial charge on any atom is -0.387 e. The summed E-state index contributed by atoms with van der Waals surface area (Å²) in [6.07, 6.45) is -1.00. The van der Waals surface area contributed by atoms with Crippen molar-refractivity contribution in [2.75, 3.05) is 13.7 Å². The van der Waals surface area contributed by atoms with Gasteiger partial charge in [-0.15, -0.1) is 0 Å². The second kappa shape index (κ2) is 4.27. The van der Waals surface area contributed by atoms with E-state index in [0.717, 1.165) is 0 Å². The lowest BCUT2D eigenvalue weighted by atomic mass is 10.1. The second-order valence-electron chi connectivity index (χ2n) is 2.53. The first-order valence-corrected chi connectivity index (χ1v) is 3.66. The van der Waals surface area contributed by atoms with Gasteiger partial charge in [-0.3, -0.25) is 0 Å². The molecular formula is C6H11N3O3. The summed E-state index contributed by atoms with van der Waals surface area (Å²) in [4.78, 5) is 2.63. The number of aliphatic hydroxyl groups excluding tert-OH is 1. The topological polar surface area (TPSA) is 87.5 Å². The molecule has 0 unspecified atom stereocenters. The Labute approximate surface area is 69.7 Å². The lowest BCUT2D eigenvalue weighted by molar-refractivity contribution is -0.206. The standard InChI is InChI=1S/C6H11N3O3/c1-11-6-5(10)4(8-9-7)2-3-12-6/h4-6,10H,2-3H2,1H3/t4-,5-,6-/m0/s1. The summed E-state index contributed by atoms with van der Waals surface area (Å²) in [5.41, 5.74) is 8.16. The Hall–Kier alpha value is -0.810. The zero-order valence-corrected chi connectivity index (χ0v) is 6.75. The van der Waals surface area contributed by atoms with E-state index in [4.69, 9.17) is 15.0 Å². The molecule has 1 rings (SSSR count). The van der Waals surface area contributed by atoms with Crippen LogP contribution in [0.15, 0.2) is 5.11 Å². The van der Waals surface area contributed by atoms with Crippen molar-refractivity contribution in [3.63, 3.8) is 0 Å². The van der Waals surface area contributed by atoms with Gasteiger partial charge in [0.2, 0.25) is 0 Å². The second-order valence-corrected chi connectivity index (χ2v) is 2.53. The van der Waals surface area contributed by atoms with Crippen LogP contribution < -0.4 is 0 Å². The third-order valence-corrected chi connectivity index (χ3v) is 1.80. The molecule has 0 spiro atoms. The maximum Gasteiger partial charge on any atom is 0.183 e. The van der Waals surface area contributed by atoms with Gasteiger partial charge in [-0.2, -0.15) is 0 Å². The normalized spacial score (nSPS) is 35.7. The van der Waals surface area contributed by atoms with Crippen LogP contribution in [0, 0.1) is 0 Å². The van der Waals surface area contributed by atoms with Gasteiger partial charge in [0, 0.05) is 12.0 Å². The first-order chi connectivity index (χ1) is 5.79. The molecule has 0 bridgehead atoms. The van der Waals surface area contributed by atoms with Crippen LogP contribution in [0.1, 0.15) is 6.42 Å². The number of hydrogen-bond acceptors (Lipinski definition) is 4. The number of hydrogen-bond donors (Lipinski definition) is 1. The molecular weight excluding hydrogens is 162 g/mol. The zero-order chi connectivity index (χ0) is 8.97. The Morgan fingerprint density at radius 2 is 2.50 bits per heavy atom. The maximum atomic E-state index is 9.44. The molecule has 12 heavy (non-hydrogen) atoms. The van der Waals surface area contributed by atoms with E-state index >= 15 is 0 Å². The largest absolute Gasteiger partial charge is 0.387 e. The van der Waals surface area contributed by atoms with E-state index in [1.807, 2.05) is 0 Å². The van der Waals surface area contributed by atoms with Gasteiger partial charge >= 0.3 is 0 Å². The minimum absolute atomic E-state index is 0.436. The van der Waals surface area contributed by atoms with E-state index in [-0.39, 0.29) is 0 Å². The summed E-state index contributed by atoms with van der Waals surface area (Å²) in [5.74, 6) is 0. The summed E-state index contributed by atoms with van der Waals surface area (Å²) in [6, 6.07) is -0.436. The number of aliphatic hydroxyl groups is 1. The molecule has 0 aromatic heterocycles. The average Bonchev–Trinajstić information content (AvgIpc) is 2.09. The highest BCUT2D eigenvalue weighted by Crippen LogP contribution is 2.17. The molecule has 1 saturated heterocycles. The lowest BCUT2D eigenvalue weighted by Gasteiger charge is -2.30. The molecule has 68 valence electrons. The highest BCUT2D eigenvalue weighted by atomic mass is 16.7. The number of methoxy groups -OCH3 is 1. The van der Waals surface area contributed by atoms with Crippen LogP contribution in [0.3, 0.4) is 0 Å². The van der Waals surface area contributed by atoms with Crippen molar-refractivity contribution in [2.24, 2.45) is 5.11 Å². The highest BCUT2D eigenvalue weighted by Gasteiger charge is 2.31. The molecule has 1 aliphatic heterocycles. The van der Waals surface area contributed by atoms with Crippen LogP contribution in [0.5, 0.6) is 0 Å². The summed E-state index contributed by atoms with van der Waals surface area (Å²) >= 11 is 0. The highest BCUT2D eigenvalue weighted by molar-refractivity contribution is 4.82. The third kappa shape index (κ3) is 1.86. The molecule has 0 saturated carbocycles. The molecule has 1 heterocycles. The third-order valence-electron chi connectivity index (χ3n) is 1.80. The first kappa shape index (κ1) is 9.28. The van der Waals surface area contributed by atoms with E-state index in [1.165, 1.54) is 7.11 Å². The van der Waals surface area contributed by atoms with Gasteiger partial charge in [-0.05, 0) is 12.0 Å². The van der Waals surface area contributed by atoms with Gasteiger partial charge in [0.15, 0.2) is 6.29 Å². The van der Waals surface area contributed by atoms with Crippen LogP contribution >= 0.6 is 0 Å². The van der Waals surface area contributed by atoms with Crippen molar-refractivity contribution < 1.29 is 14.6 Å². The van der Waals surface area contributed by atoms with Crippen molar-refractivity contribution in [3.05, 3.63) is 10.4 Å². The molecule has 0 radical (unpaired) electrons. The van der Waals surface area contributed by atoms with Crippen LogP contribution in [0.2, 0.25) is 0 Å². The SMILES string of the molecule is CO[C@H]1OCC[C@H](N=[N+]=[N-])[C@@H]1O. The van der Waals surface area contributed by atoms with Crippen LogP contribution in [0.25, 0.3) is 10.4 Å². The first-order valence-electron chi connectivity index (χ1n) is 3.66. The van der Waals surface area contributed by atoms with Crippen molar-refractivity contribution in [3.8, 4) is 0 Å². The fourth-order valence-electron chi connectivity index (χ4n) is 1.16. The van der Waals surface area contributed by atoms with Gasteiger partial charge in [0.05, 0.1) is 12.6 Å². The Morgan fingerprint density at radius 3 is 3.08 bits per heavy atom. The Bertz CT molecular complexity index is 192. The summed E-state index contributed by atoms with van der Waals surface area (Å²) < 4.78 is 9.88. The molecule has 6 heteroatoms. The predicted octanol–water partition coefficient (Wildman–Crippen LogP) is 0.419. The van der Waals surface area contributed by atoms with Crippen molar-refractivity contribution >= 4 is 0 Å². The number of nitrogens with zero attached hydrogens (tertiary/aromatic N) is 3. The van der Waals surface area contributed by atoms with Crippen molar-refractivity contribution in [1.82, 2.24) is 0 Å².